The lowest BCUT2D eigenvalue weighted by Gasteiger charge is -2.15. The molecule has 3 aromatic rings. The van der Waals surface area contributed by atoms with Gasteiger partial charge in [0.1, 0.15) is 0 Å². The van der Waals surface area contributed by atoms with Gasteiger partial charge in [-0.05, 0) is 31.1 Å². The summed E-state index contributed by atoms with van der Waals surface area (Å²) in [7, 11) is 0. The van der Waals surface area contributed by atoms with E-state index in [4.69, 9.17) is 0 Å². The summed E-state index contributed by atoms with van der Waals surface area (Å²) in [5, 5.41) is 6.16. The molecule has 104 valence electrons. The van der Waals surface area contributed by atoms with Crippen LogP contribution in [0.15, 0.2) is 48.5 Å². The van der Waals surface area contributed by atoms with Crippen LogP contribution >= 0.6 is 0 Å². The number of hydrogen-bond donors (Lipinski definition) is 1. The molecule has 0 spiro atoms. The van der Waals surface area contributed by atoms with Crippen LogP contribution in [0.25, 0.3) is 21.8 Å². The second kappa shape index (κ2) is 5.68. The minimum Gasteiger partial charge on any atom is -0.340 e. The van der Waals surface area contributed by atoms with Gasteiger partial charge in [-0.25, -0.2) is 0 Å². The maximum atomic E-state index is 3.44. The third-order valence-corrected chi connectivity index (χ3v) is 3.92. The van der Waals surface area contributed by atoms with Crippen molar-refractivity contribution in [1.29, 1.82) is 0 Å². The molecule has 2 aromatic carbocycles. The van der Waals surface area contributed by atoms with Crippen LogP contribution in [-0.2, 0) is 6.54 Å². The summed E-state index contributed by atoms with van der Waals surface area (Å²) >= 11 is 0. The largest absolute Gasteiger partial charge is 0.340 e. The van der Waals surface area contributed by atoms with E-state index in [1.807, 2.05) is 0 Å². The predicted octanol–water partition coefficient (Wildman–Crippen LogP) is 4.04. The normalized spacial score (nSPS) is 13.1. The van der Waals surface area contributed by atoms with E-state index in [1.165, 1.54) is 21.8 Å². The van der Waals surface area contributed by atoms with Crippen molar-refractivity contribution in [3.8, 4) is 0 Å². The lowest BCUT2D eigenvalue weighted by Crippen LogP contribution is -2.23. The number of nitrogens with zero attached hydrogens (tertiary/aromatic N) is 1. The van der Waals surface area contributed by atoms with Gasteiger partial charge in [0.2, 0.25) is 0 Å². The number of fused-ring (bicyclic) bond motifs is 3. The number of rotatable bonds is 5. The minimum absolute atomic E-state index is 0.620. The first kappa shape index (κ1) is 13.2. The fraction of sp³-hybridized carbons (Fsp3) is 0.333. The Balaban J connectivity index is 2.07. The van der Waals surface area contributed by atoms with Gasteiger partial charge >= 0.3 is 0 Å². The quantitative estimate of drug-likeness (QED) is 0.737. The highest BCUT2D eigenvalue weighted by Gasteiger charge is 2.11. The maximum Gasteiger partial charge on any atom is 0.0491 e. The van der Waals surface area contributed by atoms with Crippen LogP contribution in [0, 0.1) is 5.92 Å². The molecule has 2 heteroatoms. The van der Waals surface area contributed by atoms with E-state index in [2.05, 4.69) is 72.3 Å². The summed E-state index contributed by atoms with van der Waals surface area (Å²) in [5.41, 5.74) is 2.69. The fourth-order valence-electron chi connectivity index (χ4n) is 2.97. The van der Waals surface area contributed by atoms with E-state index >= 15 is 0 Å². The minimum atomic E-state index is 0.620. The van der Waals surface area contributed by atoms with Crippen LogP contribution in [0.1, 0.15) is 13.8 Å². The molecule has 0 radical (unpaired) electrons. The van der Waals surface area contributed by atoms with E-state index in [0.717, 1.165) is 19.6 Å². The molecule has 0 aliphatic heterocycles. The monoisotopic (exact) mass is 266 g/mol. The molecule has 1 N–H and O–H groups in total. The van der Waals surface area contributed by atoms with Crippen LogP contribution in [0.4, 0.5) is 0 Å². The molecule has 20 heavy (non-hydrogen) atoms. The molecule has 1 atom stereocenters. The lowest BCUT2D eigenvalue weighted by atomic mass is 10.1. The van der Waals surface area contributed by atoms with Crippen molar-refractivity contribution in [2.45, 2.75) is 20.4 Å². The molecule has 1 heterocycles. The topological polar surface area (TPSA) is 17.0 Å². The Morgan fingerprint density at radius 3 is 2.05 bits per heavy atom. The Labute approximate surface area is 120 Å². The third-order valence-electron chi connectivity index (χ3n) is 3.92. The SMILES string of the molecule is CCNCC(C)Cn1c2ccccc2c2ccccc21. The van der Waals surface area contributed by atoms with Gasteiger partial charge in [-0.3, -0.25) is 0 Å². The molecule has 2 nitrogen and oxygen atoms in total. The number of nitrogens with one attached hydrogen (secondary N) is 1. The number of hydrogen-bond acceptors (Lipinski definition) is 1. The van der Waals surface area contributed by atoms with E-state index in [9.17, 15) is 0 Å². The second-order valence-electron chi connectivity index (χ2n) is 5.56. The fourth-order valence-corrected chi connectivity index (χ4v) is 2.97. The summed E-state index contributed by atoms with van der Waals surface area (Å²) in [5.74, 6) is 0.620. The molecular weight excluding hydrogens is 244 g/mol. The van der Waals surface area contributed by atoms with E-state index in [1.54, 1.807) is 0 Å². The lowest BCUT2D eigenvalue weighted by molar-refractivity contribution is 0.464. The van der Waals surface area contributed by atoms with Crippen molar-refractivity contribution < 1.29 is 0 Å². The highest BCUT2D eigenvalue weighted by atomic mass is 15.0. The Bertz CT molecular complexity index is 658. The molecule has 0 aliphatic carbocycles. The first-order chi connectivity index (χ1) is 9.81. The summed E-state index contributed by atoms with van der Waals surface area (Å²) in [6.45, 7) is 7.63. The van der Waals surface area contributed by atoms with Gasteiger partial charge in [0.25, 0.3) is 0 Å². The van der Waals surface area contributed by atoms with E-state index < -0.39 is 0 Å². The Hall–Kier alpha value is -1.80. The van der Waals surface area contributed by atoms with Gasteiger partial charge < -0.3 is 9.88 Å². The number of aromatic nitrogens is 1. The molecule has 0 amide bonds. The maximum absolute atomic E-state index is 3.44. The van der Waals surface area contributed by atoms with Crippen LogP contribution in [0.5, 0.6) is 0 Å². The van der Waals surface area contributed by atoms with Gasteiger partial charge in [0.05, 0.1) is 0 Å². The van der Waals surface area contributed by atoms with Crippen LogP contribution < -0.4 is 5.32 Å². The van der Waals surface area contributed by atoms with Crippen molar-refractivity contribution >= 4 is 21.8 Å². The van der Waals surface area contributed by atoms with Crippen LogP contribution in [-0.4, -0.2) is 17.7 Å². The van der Waals surface area contributed by atoms with Gasteiger partial charge in [-0.1, -0.05) is 50.2 Å². The Morgan fingerprint density at radius 2 is 1.50 bits per heavy atom. The van der Waals surface area contributed by atoms with E-state index in [-0.39, 0.29) is 0 Å². The summed E-state index contributed by atoms with van der Waals surface area (Å²) in [4.78, 5) is 0. The summed E-state index contributed by atoms with van der Waals surface area (Å²) in [6, 6.07) is 17.4. The highest BCUT2D eigenvalue weighted by Crippen LogP contribution is 2.29. The van der Waals surface area contributed by atoms with Crippen molar-refractivity contribution in [3.63, 3.8) is 0 Å². The van der Waals surface area contributed by atoms with Crippen molar-refractivity contribution in [1.82, 2.24) is 9.88 Å². The third kappa shape index (κ3) is 2.32. The molecule has 0 saturated carbocycles. The first-order valence-corrected chi connectivity index (χ1v) is 7.48. The van der Waals surface area contributed by atoms with Gasteiger partial charge in [-0.2, -0.15) is 0 Å². The average Bonchev–Trinajstić information content (AvgIpc) is 2.80. The molecule has 0 bridgehead atoms. The zero-order valence-corrected chi connectivity index (χ0v) is 12.3. The van der Waals surface area contributed by atoms with Crippen molar-refractivity contribution in [2.24, 2.45) is 5.92 Å². The van der Waals surface area contributed by atoms with Gasteiger partial charge in [-0.15, -0.1) is 0 Å². The molecule has 1 aromatic heterocycles. The predicted molar refractivity (Wildman–Crippen MR) is 87.2 cm³/mol. The Kier molecular flexibility index (Phi) is 3.75. The van der Waals surface area contributed by atoms with Crippen molar-refractivity contribution in [3.05, 3.63) is 48.5 Å². The molecule has 0 aliphatic rings. The van der Waals surface area contributed by atoms with Gasteiger partial charge in [0.15, 0.2) is 0 Å². The standard InChI is InChI=1S/C18H22N2/c1-3-19-12-14(2)13-20-17-10-6-4-8-15(17)16-9-5-7-11-18(16)20/h4-11,14,19H,3,12-13H2,1-2H3. The molecular formula is C18H22N2. The second-order valence-corrected chi connectivity index (χ2v) is 5.56. The zero-order chi connectivity index (χ0) is 13.9. The average molecular weight is 266 g/mol. The molecule has 0 fully saturated rings. The first-order valence-electron chi connectivity index (χ1n) is 7.48. The number of benzene rings is 2. The van der Waals surface area contributed by atoms with Gasteiger partial charge in [0, 0.05) is 28.4 Å². The number of para-hydroxylation sites is 2. The summed E-state index contributed by atoms with van der Waals surface area (Å²) < 4.78 is 2.46. The van der Waals surface area contributed by atoms with Crippen LogP contribution in [0.3, 0.4) is 0 Å². The summed E-state index contributed by atoms with van der Waals surface area (Å²) in [6.07, 6.45) is 0. The molecule has 3 rings (SSSR count). The van der Waals surface area contributed by atoms with E-state index in [0.29, 0.717) is 5.92 Å². The Morgan fingerprint density at radius 1 is 0.950 bits per heavy atom. The molecule has 0 saturated heterocycles. The molecule has 1 unspecified atom stereocenters. The highest BCUT2D eigenvalue weighted by molar-refractivity contribution is 6.07. The van der Waals surface area contributed by atoms with Crippen LogP contribution in [0.2, 0.25) is 0 Å². The van der Waals surface area contributed by atoms with Crippen molar-refractivity contribution in [2.75, 3.05) is 13.1 Å². The zero-order valence-electron chi connectivity index (χ0n) is 12.3. The smallest absolute Gasteiger partial charge is 0.0491 e.